The zero-order valence-corrected chi connectivity index (χ0v) is 12.8. The first-order valence-electron chi connectivity index (χ1n) is 6.91. The molecule has 0 aliphatic heterocycles. The molecule has 0 heterocycles. The van der Waals surface area contributed by atoms with E-state index in [2.05, 4.69) is 5.32 Å². The van der Waals surface area contributed by atoms with Crippen LogP contribution in [-0.4, -0.2) is 6.04 Å². The minimum absolute atomic E-state index is 0.131. The highest BCUT2D eigenvalue weighted by Gasteiger charge is 2.13. The topological polar surface area (TPSA) is 12.0 Å². The molecule has 0 aliphatic rings. The Labute approximate surface area is 128 Å². The molecule has 0 aliphatic carbocycles. The lowest BCUT2D eigenvalue weighted by atomic mass is 10.0. The summed E-state index contributed by atoms with van der Waals surface area (Å²) in [5, 5.41) is 4.07. The number of rotatable bonds is 5. The predicted molar refractivity (Wildman–Crippen MR) is 82.5 cm³/mol. The highest BCUT2D eigenvalue weighted by atomic mass is 35.5. The number of hydrogen-bond acceptors (Lipinski definition) is 1. The number of halogens is 3. The summed E-state index contributed by atoms with van der Waals surface area (Å²) >= 11 is 6.14. The largest absolute Gasteiger partial charge is 0.307 e. The number of hydrogen-bond donors (Lipinski definition) is 1. The van der Waals surface area contributed by atoms with Gasteiger partial charge in [0.05, 0.1) is 0 Å². The average molecular weight is 310 g/mol. The molecule has 0 aromatic heterocycles. The van der Waals surface area contributed by atoms with Crippen LogP contribution in [0.25, 0.3) is 0 Å². The van der Waals surface area contributed by atoms with Gasteiger partial charge in [-0.2, -0.15) is 0 Å². The number of nitrogens with one attached hydrogen (secondary N) is 1. The Kier molecular flexibility index (Phi) is 5.32. The van der Waals surface area contributed by atoms with Crippen LogP contribution < -0.4 is 5.32 Å². The normalized spacial score (nSPS) is 14.0. The third kappa shape index (κ3) is 4.51. The van der Waals surface area contributed by atoms with Crippen molar-refractivity contribution >= 4 is 11.6 Å². The van der Waals surface area contributed by atoms with Crippen molar-refractivity contribution in [3.05, 3.63) is 70.2 Å². The van der Waals surface area contributed by atoms with Crippen molar-refractivity contribution in [1.29, 1.82) is 0 Å². The summed E-state index contributed by atoms with van der Waals surface area (Å²) in [6.45, 7) is 3.91. The summed E-state index contributed by atoms with van der Waals surface area (Å²) in [5.41, 5.74) is 1.65. The fraction of sp³-hybridized carbons (Fsp3) is 0.294. The molecule has 0 bridgehead atoms. The van der Waals surface area contributed by atoms with E-state index in [-0.39, 0.29) is 12.1 Å². The van der Waals surface area contributed by atoms with Crippen molar-refractivity contribution in [1.82, 2.24) is 5.32 Å². The lowest BCUT2D eigenvalue weighted by Crippen LogP contribution is -2.30. The summed E-state index contributed by atoms with van der Waals surface area (Å²) in [4.78, 5) is 0. The highest BCUT2D eigenvalue weighted by Crippen LogP contribution is 2.19. The van der Waals surface area contributed by atoms with Crippen LogP contribution in [-0.2, 0) is 6.42 Å². The van der Waals surface area contributed by atoms with Gasteiger partial charge in [0, 0.05) is 23.2 Å². The summed E-state index contributed by atoms with van der Waals surface area (Å²) in [6, 6.07) is 11.2. The molecule has 1 N–H and O–H groups in total. The summed E-state index contributed by atoms with van der Waals surface area (Å²) < 4.78 is 26.5. The molecule has 0 saturated carbocycles. The molecule has 2 aromatic rings. The van der Waals surface area contributed by atoms with Gasteiger partial charge in [-0.05, 0) is 49.6 Å². The van der Waals surface area contributed by atoms with E-state index in [0.717, 1.165) is 23.1 Å². The minimum Gasteiger partial charge on any atom is -0.307 e. The maximum Gasteiger partial charge on any atom is 0.126 e. The molecule has 0 spiro atoms. The Bertz CT molecular complexity index is 595. The molecule has 2 atom stereocenters. The van der Waals surface area contributed by atoms with E-state index in [0.29, 0.717) is 5.56 Å². The minimum atomic E-state index is -0.558. The lowest BCUT2D eigenvalue weighted by molar-refractivity contribution is 0.471. The standard InChI is InChI=1S/C17H18ClF2N/c1-11(7-13-5-3-4-6-17(13)18)21-12(2)14-8-15(19)10-16(20)9-14/h3-6,8-12,21H,7H2,1-2H3. The Morgan fingerprint density at radius 2 is 1.67 bits per heavy atom. The van der Waals surface area contributed by atoms with E-state index >= 15 is 0 Å². The van der Waals surface area contributed by atoms with Crippen LogP contribution in [0.1, 0.15) is 31.0 Å². The lowest BCUT2D eigenvalue weighted by Gasteiger charge is -2.21. The van der Waals surface area contributed by atoms with Gasteiger partial charge in [0.1, 0.15) is 11.6 Å². The zero-order valence-electron chi connectivity index (χ0n) is 12.0. The van der Waals surface area contributed by atoms with Gasteiger partial charge in [-0.3, -0.25) is 0 Å². The Morgan fingerprint density at radius 3 is 2.29 bits per heavy atom. The third-order valence-electron chi connectivity index (χ3n) is 3.40. The first-order chi connectivity index (χ1) is 9.95. The third-order valence-corrected chi connectivity index (χ3v) is 3.77. The van der Waals surface area contributed by atoms with E-state index in [1.807, 2.05) is 38.1 Å². The van der Waals surface area contributed by atoms with E-state index in [1.54, 1.807) is 0 Å². The highest BCUT2D eigenvalue weighted by molar-refractivity contribution is 6.31. The summed E-state index contributed by atoms with van der Waals surface area (Å²) in [7, 11) is 0. The van der Waals surface area contributed by atoms with Gasteiger partial charge in [0.15, 0.2) is 0 Å². The van der Waals surface area contributed by atoms with Gasteiger partial charge in [-0.1, -0.05) is 29.8 Å². The molecule has 0 amide bonds. The van der Waals surface area contributed by atoms with Gasteiger partial charge in [-0.25, -0.2) is 8.78 Å². The van der Waals surface area contributed by atoms with Gasteiger partial charge in [0.25, 0.3) is 0 Å². The van der Waals surface area contributed by atoms with Gasteiger partial charge in [-0.15, -0.1) is 0 Å². The van der Waals surface area contributed by atoms with Gasteiger partial charge < -0.3 is 5.32 Å². The monoisotopic (exact) mass is 309 g/mol. The molecule has 0 saturated heterocycles. The molecule has 112 valence electrons. The molecule has 2 aromatic carbocycles. The Balaban J connectivity index is 2.02. The Morgan fingerprint density at radius 1 is 1.05 bits per heavy atom. The van der Waals surface area contributed by atoms with Crippen molar-refractivity contribution in [3.8, 4) is 0 Å². The summed E-state index contributed by atoms with van der Waals surface area (Å²) in [6.07, 6.45) is 0.752. The maximum absolute atomic E-state index is 13.2. The molecule has 1 nitrogen and oxygen atoms in total. The second-order valence-corrected chi connectivity index (χ2v) is 5.69. The fourth-order valence-corrected chi connectivity index (χ4v) is 2.61. The van der Waals surface area contributed by atoms with Crippen LogP contribution in [0.2, 0.25) is 5.02 Å². The van der Waals surface area contributed by atoms with Crippen molar-refractivity contribution < 1.29 is 8.78 Å². The SMILES string of the molecule is CC(Cc1ccccc1Cl)NC(C)c1cc(F)cc(F)c1. The van der Waals surface area contributed by atoms with Gasteiger partial charge in [0.2, 0.25) is 0 Å². The van der Waals surface area contributed by atoms with E-state index in [4.69, 9.17) is 11.6 Å². The van der Waals surface area contributed by atoms with Crippen LogP contribution in [0.5, 0.6) is 0 Å². The molecule has 0 fully saturated rings. The van der Waals surface area contributed by atoms with Crippen molar-refractivity contribution in [2.24, 2.45) is 0 Å². The molecular weight excluding hydrogens is 292 g/mol. The second-order valence-electron chi connectivity index (χ2n) is 5.29. The molecule has 4 heteroatoms. The van der Waals surface area contributed by atoms with Crippen molar-refractivity contribution in [2.45, 2.75) is 32.4 Å². The Hall–Kier alpha value is -1.45. The van der Waals surface area contributed by atoms with Crippen LogP contribution in [0, 0.1) is 11.6 Å². The predicted octanol–water partition coefficient (Wildman–Crippen LogP) is 4.90. The first kappa shape index (κ1) is 15.9. The smallest absolute Gasteiger partial charge is 0.126 e. The molecule has 2 rings (SSSR count). The van der Waals surface area contributed by atoms with E-state index in [1.165, 1.54) is 12.1 Å². The first-order valence-corrected chi connectivity index (χ1v) is 7.29. The van der Waals surface area contributed by atoms with Crippen molar-refractivity contribution in [2.75, 3.05) is 0 Å². The number of benzene rings is 2. The van der Waals surface area contributed by atoms with E-state index in [9.17, 15) is 8.78 Å². The molecule has 21 heavy (non-hydrogen) atoms. The molecule has 2 unspecified atom stereocenters. The molecular formula is C17H18ClF2N. The van der Waals surface area contributed by atoms with Gasteiger partial charge >= 0.3 is 0 Å². The van der Waals surface area contributed by atoms with Crippen molar-refractivity contribution in [3.63, 3.8) is 0 Å². The maximum atomic E-state index is 13.2. The van der Waals surface area contributed by atoms with Crippen LogP contribution in [0.15, 0.2) is 42.5 Å². The zero-order chi connectivity index (χ0) is 15.4. The summed E-state index contributed by atoms with van der Waals surface area (Å²) in [5.74, 6) is -1.12. The van der Waals surface area contributed by atoms with Crippen LogP contribution in [0.3, 0.4) is 0 Å². The van der Waals surface area contributed by atoms with Crippen LogP contribution in [0.4, 0.5) is 8.78 Å². The second kappa shape index (κ2) is 7.01. The quantitative estimate of drug-likeness (QED) is 0.828. The molecule has 0 radical (unpaired) electrons. The average Bonchev–Trinajstić information content (AvgIpc) is 2.40. The van der Waals surface area contributed by atoms with E-state index < -0.39 is 11.6 Å². The fourth-order valence-electron chi connectivity index (χ4n) is 2.40. The van der Waals surface area contributed by atoms with Crippen LogP contribution >= 0.6 is 11.6 Å².